The fourth-order valence-electron chi connectivity index (χ4n) is 3.37. The fraction of sp³-hybridized carbons (Fsp3) is 0.368. The summed E-state index contributed by atoms with van der Waals surface area (Å²) in [6, 6.07) is 11.2. The third-order valence-electron chi connectivity index (χ3n) is 4.96. The van der Waals surface area contributed by atoms with Crippen LogP contribution in [0.5, 0.6) is 0 Å². The first-order chi connectivity index (χ1) is 11.2. The first-order valence-electron chi connectivity index (χ1n) is 8.11. The zero-order chi connectivity index (χ0) is 17.5. The molecule has 0 amide bonds. The topological polar surface area (TPSA) is 66.4 Å². The summed E-state index contributed by atoms with van der Waals surface area (Å²) in [5.74, 6) is 0. The summed E-state index contributed by atoms with van der Waals surface area (Å²) in [6.07, 6.45) is 1.29. The van der Waals surface area contributed by atoms with Gasteiger partial charge in [0.1, 0.15) is 5.60 Å². The predicted molar refractivity (Wildman–Crippen MR) is 94.5 cm³/mol. The quantitative estimate of drug-likeness (QED) is 0.895. The summed E-state index contributed by atoms with van der Waals surface area (Å²) in [6.45, 7) is 5.64. The van der Waals surface area contributed by atoms with Crippen molar-refractivity contribution in [1.82, 2.24) is 4.72 Å². The molecule has 0 heterocycles. The van der Waals surface area contributed by atoms with Crippen LogP contribution in [-0.4, -0.2) is 20.1 Å². The Bertz CT molecular complexity index is 889. The maximum absolute atomic E-state index is 12.7. The SMILES string of the molecule is Cc1cc(C)c(S(=O)(=O)NCC2(O)CCc3ccccc32)cc1C. The Morgan fingerprint density at radius 2 is 1.75 bits per heavy atom. The van der Waals surface area contributed by atoms with Crippen LogP contribution in [0, 0.1) is 20.8 Å². The Morgan fingerprint density at radius 3 is 2.50 bits per heavy atom. The minimum atomic E-state index is -3.67. The van der Waals surface area contributed by atoms with Crippen LogP contribution in [0.4, 0.5) is 0 Å². The van der Waals surface area contributed by atoms with Crippen molar-refractivity contribution >= 4 is 10.0 Å². The van der Waals surface area contributed by atoms with E-state index in [1.54, 1.807) is 13.0 Å². The summed E-state index contributed by atoms with van der Waals surface area (Å²) in [4.78, 5) is 0.278. The summed E-state index contributed by atoms with van der Waals surface area (Å²) in [7, 11) is -3.67. The van der Waals surface area contributed by atoms with Gasteiger partial charge in [-0.15, -0.1) is 0 Å². The number of fused-ring (bicyclic) bond motifs is 1. The lowest BCUT2D eigenvalue weighted by Crippen LogP contribution is -2.39. The number of hydrogen-bond donors (Lipinski definition) is 2. The lowest BCUT2D eigenvalue weighted by Gasteiger charge is -2.24. The van der Waals surface area contributed by atoms with Crippen LogP contribution in [0.3, 0.4) is 0 Å². The number of benzene rings is 2. The van der Waals surface area contributed by atoms with E-state index in [1.807, 2.05) is 44.2 Å². The molecule has 0 fully saturated rings. The van der Waals surface area contributed by atoms with Gasteiger partial charge in [0.15, 0.2) is 0 Å². The number of aliphatic hydroxyl groups is 1. The molecule has 0 saturated heterocycles. The Balaban J connectivity index is 1.86. The van der Waals surface area contributed by atoms with Gasteiger partial charge in [0, 0.05) is 6.54 Å². The van der Waals surface area contributed by atoms with E-state index < -0.39 is 15.6 Å². The van der Waals surface area contributed by atoms with Crippen molar-refractivity contribution < 1.29 is 13.5 Å². The average Bonchev–Trinajstić information content (AvgIpc) is 2.87. The molecule has 24 heavy (non-hydrogen) atoms. The van der Waals surface area contributed by atoms with Gasteiger partial charge in [0.2, 0.25) is 10.0 Å². The normalized spacial score (nSPS) is 20.2. The standard InChI is InChI=1S/C19H23NO3S/c1-13-10-15(3)18(11-14(13)2)24(22,23)20-12-19(21)9-8-16-6-4-5-7-17(16)19/h4-7,10-11,20-21H,8-9,12H2,1-3H3. The molecule has 2 aromatic rings. The highest BCUT2D eigenvalue weighted by Gasteiger charge is 2.37. The number of hydrogen-bond acceptors (Lipinski definition) is 3. The van der Waals surface area contributed by atoms with Gasteiger partial charge in [0.05, 0.1) is 4.90 Å². The van der Waals surface area contributed by atoms with Crippen LogP contribution in [0.2, 0.25) is 0 Å². The van der Waals surface area contributed by atoms with Crippen LogP contribution < -0.4 is 4.72 Å². The minimum Gasteiger partial charge on any atom is -0.384 e. The third kappa shape index (κ3) is 2.99. The number of sulfonamides is 1. The summed E-state index contributed by atoms with van der Waals surface area (Å²) in [5, 5.41) is 10.9. The van der Waals surface area contributed by atoms with Gasteiger partial charge in [-0.25, -0.2) is 13.1 Å². The van der Waals surface area contributed by atoms with Crippen molar-refractivity contribution in [3.8, 4) is 0 Å². The second-order valence-corrected chi connectivity index (χ2v) is 8.45. The molecule has 1 aliphatic carbocycles. The molecule has 0 radical (unpaired) electrons. The van der Waals surface area contributed by atoms with Crippen LogP contribution in [0.1, 0.15) is 34.2 Å². The molecule has 2 N–H and O–H groups in total. The minimum absolute atomic E-state index is 0.0152. The average molecular weight is 345 g/mol. The Labute approximate surface area is 143 Å². The predicted octanol–water partition coefficient (Wildman–Crippen LogP) is 2.72. The number of aryl methyl sites for hydroxylation is 4. The van der Waals surface area contributed by atoms with E-state index in [0.29, 0.717) is 12.0 Å². The third-order valence-corrected chi connectivity index (χ3v) is 6.51. The smallest absolute Gasteiger partial charge is 0.240 e. The monoisotopic (exact) mass is 345 g/mol. The van der Waals surface area contributed by atoms with E-state index in [9.17, 15) is 13.5 Å². The molecule has 1 atom stereocenters. The second kappa shape index (κ2) is 5.99. The van der Waals surface area contributed by atoms with E-state index in [-0.39, 0.29) is 11.4 Å². The van der Waals surface area contributed by atoms with Crippen LogP contribution in [-0.2, 0) is 22.0 Å². The highest BCUT2D eigenvalue weighted by Crippen LogP contribution is 2.36. The zero-order valence-electron chi connectivity index (χ0n) is 14.3. The highest BCUT2D eigenvalue weighted by atomic mass is 32.2. The van der Waals surface area contributed by atoms with E-state index in [1.165, 1.54) is 0 Å². The molecular weight excluding hydrogens is 322 g/mol. The fourth-order valence-corrected chi connectivity index (χ4v) is 4.77. The Kier molecular flexibility index (Phi) is 4.28. The van der Waals surface area contributed by atoms with Crippen molar-refractivity contribution in [3.63, 3.8) is 0 Å². The van der Waals surface area contributed by atoms with Gasteiger partial charge in [-0.05, 0) is 67.5 Å². The maximum Gasteiger partial charge on any atom is 0.240 e. The zero-order valence-corrected chi connectivity index (χ0v) is 15.1. The molecular formula is C19H23NO3S. The largest absolute Gasteiger partial charge is 0.384 e. The first kappa shape index (κ1) is 17.1. The molecule has 0 spiro atoms. The van der Waals surface area contributed by atoms with Gasteiger partial charge in [-0.1, -0.05) is 30.3 Å². The van der Waals surface area contributed by atoms with Crippen LogP contribution >= 0.6 is 0 Å². The van der Waals surface area contributed by atoms with Gasteiger partial charge in [-0.2, -0.15) is 0 Å². The van der Waals surface area contributed by atoms with Crippen molar-refractivity contribution in [2.24, 2.45) is 0 Å². The van der Waals surface area contributed by atoms with Gasteiger partial charge < -0.3 is 5.11 Å². The molecule has 0 bridgehead atoms. The van der Waals surface area contributed by atoms with E-state index in [0.717, 1.165) is 28.7 Å². The summed E-state index contributed by atoms with van der Waals surface area (Å²) >= 11 is 0. The molecule has 1 unspecified atom stereocenters. The molecule has 0 aromatic heterocycles. The molecule has 0 aliphatic heterocycles. The number of rotatable bonds is 4. The van der Waals surface area contributed by atoms with Crippen LogP contribution in [0.15, 0.2) is 41.3 Å². The summed E-state index contributed by atoms with van der Waals surface area (Å²) < 4.78 is 28.0. The molecule has 5 heteroatoms. The van der Waals surface area contributed by atoms with Gasteiger partial charge >= 0.3 is 0 Å². The van der Waals surface area contributed by atoms with E-state index in [2.05, 4.69) is 4.72 Å². The lowest BCUT2D eigenvalue weighted by molar-refractivity contribution is 0.0442. The first-order valence-corrected chi connectivity index (χ1v) is 9.59. The molecule has 4 nitrogen and oxygen atoms in total. The van der Waals surface area contributed by atoms with Crippen molar-refractivity contribution in [2.75, 3.05) is 6.54 Å². The van der Waals surface area contributed by atoms with Crippen molar-refractivity contribution in [3.05, 3.63) is 64.2 Å². The summed E-state index contributed by atoms with van der Waals surface area (Å²) in [5.41, 5.74) is 3.48. The van der Waals surface area contributed by atoms with Crippen molar-refractivity contribution in [1.29, 1.82) is 0 Å². The van der Waals surface area contributed by atoms with Gasteiger partial charge in [0.25, 0.3) is 0 Å². The maximum atomic E-state index is 12.7. The molecule has 2 aromatic carbocycles. The Hall–Kier alpha value is -1.69. The molecule has 128 valence electrons. The Morgan fingerprint density at radius 1 is 1.08 bits per heavy atom. The molecule has 1 aliphatic rings. The van der Waals surface area contributed by atoms with E-state index in [4.69, 9.17) is 0 Å². The highest BCUT2D eigenvalue weighted by molar-refractivity contribution is 7.89. The second-order valence-electron chi connectivity index (χ2n) is 6.72. The molecule has 3 rings (SSSR count). The van der Waals surface area contributed by atoms with E-state index >= 15 is 0 Å². The molecule has 0 saturated carbocycles. The van der Waals surface area contributed by atoms with Gasteiger partial charge in [-0.3, -0.25) is 0 Å². The lowest BCUT2D eigenvalue weighted by atomic mass is 9.96. The number of nitrogens with one attached hydrogen (secondary N) is 1. The van der Waals surface area contributed by atoms with Crippen molar-refractivity contribution in [2.45, 2.75) is 44.1 Å². The van der Waals surface area contributed by atoms with Crippen LogP contribution in [0.25, 0.3) is 0 Å².